The molecule has 1 aliphatic rings. The third kappa shape index (κ3) is 3.52. The third-order valence-electron chi connectivity index (χ3n) is 2.52. The molecule has 0 atom stereocenters. The summed E-state index contributed by atoms with van der Waals surface area (Å²) in [6.07, 6.45) is 0. The lowest BCUT2D eigenvalue weighted by atomic mass is 9.87. The molecule has 86 valence electrons. The molecular weight excluding hydrogens is 186 g/mol. The largest absolute Gasteiger partial charge is 0.375 e. The summed E-state index contributed by atoms with van der Waals surface area (Å²) in [5.41, 5.74) is -0.673. The van der Waals surface area contributed by atoms with Crippen LogP contribution in [0.3, 0.4) is 0 Å². The molecule has 1 rings (SSSR count). The number of β-amino-alcohol motifs (C(OH)–C–C–N with tert-alkyl or cyclic N) is 1. The van der Waals surface area contributed by atoms with Gasteiger partial charge in [0.25, 0.3) is 0 Å². The van der Waals surface area contributed by atoms with E-state index in [1.807, 2.05) is 0 Å². The second-order valence-corrected chi connectivity index (χ2v) is 6.56. The first-order valence-electron chi connectivity index (χ1n) is 5.54. The molecule has 1 N–H and O–H groups in total. The normalized spacial score (nSPS) is 21.5. The standard InChI is InChI=1S/C13H23NO/c1-11(2,3)7-8-13(15)9-14(10-13)12(4,5)6/h15H,9-10H2,1-6H3. The van der Waals surface area contributed by atoms with E-state index in [0.29, 0.717) is 13.1 Å². The van der Waals surface area contributed by atoms with Crippen LogP contribution in [0.15, 0.2) is 0 Å². The van der Waals surface area contributed by atoms with Gasteiger partial charge in [0.15, 0.2) is 5.60 Å². The smallest absolute Gasteiger partial charge is 0.150 e. The number of hydrogen-bond donors (Lipinski definition) is 1. The minimum absolute atomic E-state index is 0.0299. The van der Waals surface area contributed by atoms with Crippen LogP contribution in [0.25, 0.3) is 0 Å². The second-order valence-electron chi connectivity index (χ2n) is 6.56. The Morgan fingerprint density at radius 3 is 1.87 bits per heavy atom. The van der Waals surface area contributed by atoms with Crippen molar-refractivity contribution < 1.29 is 5.11 Å². The maximum Gasteiger partial charge on any atom is 0.150 e. The van der Waals surface area contributed by atoms with Crippen molar-refractivity contribution in [3.63, 3.8) is 0 Å². The van der Waals surface area contributed by atoms with Gasteiger partial charge in [0, 0.05) is 24.0 Å². The summed E-state index contributed by atoms with van der Waals surface area (Å²) < 4.78 is 0. The molecule has 2 heteroatoms. The summed E-state index contributed by atoms with van der Waals surface area (Å²) in [6.45, 7) is 14.0. The molecule has 0 amide bonds. The van der Waals surface area contributed by atoms with Crippen molar-refractivity contribution in [2.24, 2.45) is 5.41 Å². The fourth-order valence-electron chi connectivity index (χ4n) is 1.44. The first kappa shape index (κ1) is 12.5. The van der Waals surface area contributed by atoms with Crippen LogP contribution in [0.4, 0.5) is 0 Å². The van der Waals surface area contributed by atoms with Gasteiger partial charge in [-0.3, -0.25) is 4.90 Å². The number of likely N-dealkylation sites (tertiary alicyclic amines) is 1. The molecule has 1 heterocycles. The number of hydrogen-bond acceptors (Lipinski definition) is 2. The van der Waals surface area contributed by atoms with E-state index in [4.69, 9.17) is 0 Å². The molecule has 1 aliphatic heterocycles. The van der Waals surface area contributed by atoms with Crippen LogP contribution in [0, 0.1) is 17.3 Å². The number of aliphatic hydroxyl groups is 1. The monoisotopic (exact) mass is 209 g/mol. The van der Waals surface area contributed by atoms with Crippen molar-refractivity contribution >= 4 is 0 Å². The average molecular weight is 209 g/mol. The van der Waals surface area contributed by atoms with Crippen molar-refractivity contribution in [3.05, 3.63) is 0 Å². The van der Waals surface area contributed by atoms with Crippen molar-refractivity contribution in [3.8, 4) is 11.8 Å². The van der Waals surface area contributed by atoms with E-state index in [9.17, 15) is 5.11 Å². The summed E-state index contributed by atoms with van der Waals surface area (Å²) in [6, 6.07) is 0. The molecule has 0 radical (unpaired) electrons. The zero-order valence-corrected chi connectivity index (χ0v) is 10.8. The van der Waals surface area contributed by atoms with E-state index >= 15 is 0 Å². The molecule has 0 spiro atoms. The predicted molar refractivity (Wildman–Crippen MR) is 63.5 cm³/mol. The average Bonchev–Trinajstić information content (AvgIpc) is 1.92. The Morgan fingerprint density at radius 1 is 1.07 bits per heavy atom. The van der Waals surface area contributed by atoms with Gasteiger partial charge in [-0.2, -0.15) is 0 Å². The van der Waals surface area contributed by atoms with Crippen LogP contribution in [0.2, 0.25) is 0 Å². The maximum atomic E-state index is 10.1. The van der Waals surface area contributed by atoms with Crippen LogP contribution in [-0.2, 0) is 0 Å². The van der Waals surface area contributed by atoms with E-state index in [1.54, 1.807) is 0 Å². The van der Waals surface area contributed by atoms with Crippen LogP contribution in [0.1, 0.15) is 41.5 Å². The first-order chi connectivity index (χ1) is 6.52. The molecule has 0 aromatic carbocycles. The third-order valence-corrected chi connectivity index (χ3v) is 2.52. The molecule has 0 unspecified atom stereocenters. The molecule has 0 bridgehead atoms. The molecule has 1 fully saturated rings. The molecule has 0 aromatic rings. The summed E-state index contributed by atoms with van der Waals surface area (Å²) in [5, 5.41) is 10.1. The highest BCUT2D eigenvalue weighted by molar-refractivity contribution is 5.24. The maximum absolute atomic E-state index is 10.1. The first-order valence-corrected chi connectivity index (χ1v) is 5.54. The van der Waals surface area contributed by atoms with Gasteiger partial charge < -0.3 is 5.11 Å². The molecule has 0 saturated carbocycles. The van der Waals surface area contributed by atoms with Gasteiger partial charge >= 0.3 is 0 Å². The van der Waals surface area contributed by atoms with E-state index < -0.39 is 5.60 Å². The Morgan fingerprint density at radius 2 is 1.53 bits per heavy atom. The highest BCUT2D eigenvalue weighted by Crippen LogP contribution is 2.28. The van der Waals surface area contributed by atoms with Crippen LogP contribution in [-0.4, -0.2) is 34.2 Å². The van der Waals surface area contributed by atoms with E-state index in [0.717, 1.165) is 0 Å². The van der Waals surface area contributed by atoms with Crippen molar-refractivity contribution in [2.45, 2.75) is 52.7 Å². The highest BCUT2D eigenvalue weighted by atomic mass is 16.3. The Kier molecular flexibility index (Phi) is 2.93. The molecular formula is C13H23NO. The summed E-state index contributed by atoms with van der Waals surface area (Å²) in [4.78, 5) is 2.24. The molecule has 15 heavy (non-hydrogen) atoms. The molecule has 1 saturated heterocycles. The quantitative estimate of drug-likeness (QED) is 0.616. The Labute approximate surface area is 93.7 Å². The Balaban J connectivity index is 2.58. The van der Waals surface area contributed by atoms with Gasteiger partial charge in [-0.15, -0.1) is 0 Å². The van der Waals surface area contributed by atoms with Gasteiger partial charge in [-0.05, 0) is 41.5 Å². The lowest BCUT2D eigenvalue weighted by Gasteiger charge is -2.50. The van der Waals surface area contributed by atoms with Crippen LogP contribution < -0.4 is 0 Å². The second kappa shape index (κ2) is 3.50. The molecule has 2 nitrogen and oxygen atoms in total. The van der Waals surface area contributed by atoms with Gasteiger partial charge in [-0.1, -0.05) is 11.8 Å². The number of nitrogens with zero attached hydrogens (tertiary/aromatic N) is 1. The van der Waals surface area contributed by atoms with Crippen LogP contribution in [0.5, 0.6) is 0 Å². The number of rotatable bonds is 0. The van der Waals surface area contributed by atoms with Gasteiger partial charge in [0.2, 0.25) is 0 Å². The minimum Gasteiger partial charge on any atom is -0.375 e. The molecule has 0 aliphatic carbocycles. The van der Waals surface area contributed by atoms with E-state index in [-0.39, 0.29) is 11.0 Å². The van der Waals surface area contributed by atoms with Gasteiger partial charge in [0.05, 0.1) is 0 Å². The lowest BCUT2D eigenvalue weighted by molar-refractivity contribution is -0.0939. The summed E-state index contributed by atoms with van der Waals surface area (Å²) >= 11 is 0. The summed E-state index contributed by atoms with van der Waals surface area (Å²) in [5.74, 6) is 6.11. The van der Waals surface area contributed by atoms with Gasteiger partial charge in [-0.25, -0.2) is 0 Å². The SMILES string of the molecule is CC(C)(C)C#CC1(O)CN(C(C)(C)C)C1. The fraction of sp³-hybridized carbons (Fsp3) is 0.846. The fourth-order valence-corrected chi connectivity index (χ4v) is 1.44. The topological polar surface area (TPSA) is 23.5 Å². The van der Waals surface area contributed by atoms with E-state index in [1.165, 1.54) is 0 Å². The van der Waals surface area contributed by atoms with Crippen molar-refractivity contribution in [1.29, 1.82) is 0 Å². The van der Waals surface area contributed by atoms with Crippen molar-refractivity contribution in [2.75, 3.05) is 13.1 Å². The zero-order chi connectivity index (χ0) is 11.9. The highest BCUT2D eigenvalue weighted by Gasteiger charge is 2.44. The summed E-state index contributed by atoms with van der Waals surface area (Å²) in [7, 11) is 0. The lowest BCUT2D eigenvalue weighted by Crippen LogP contribution is -2.66. The predicted octanol–water partition coefficient (Wildman–Crippen LogP) is 1.88. The molecule has 0 aromatic heterocycles. The Hall–Kier alpha value is -0.520. The van der Waals surface area contributed by atoms with Gasteiger partial charge in [0.1, 0.15) is 0 Å². The van der Waals surface area contributed by atoms with Crippen molar-refractivity contribution in [1.82, 2.24) is 4.90 Å². The Bertz CT molecular complexity index is 289. The van der Waals surface area contributed by atoms with E-state index in [2.05, 4.69) is 58.3 Å². The minimum atomic E-state index is -0.777. The zero-order valence-electron chi connectivity index (χ0n) is 10.8. The van der Waals surface area contributed by atoms with Crippen LogP contribution >= 0.6 is 0 Å².